The lowest BCUT2D eigenvalue weighted by Crippen LogP contribution is -2.43. The van der Waals surface area contributed by atoms with Crippen LogP contribution in [-0.2, 0) is 6.42 Å². The van der Waals surface area contributed by atoms with Crippen LogP contribution in [0.1, 0.15) is 24.2 Å². The summed E-state index contributed by atoms with van der Waals surface area (Å²) in [5.74, 6) is -0.175. The Bertz CT molecular complexity index is 607. The van der Waals surface area contributed by atoms with E-state index in [1.54, 1.807) is 0 Å². The highest BCUT2D eigenvalue weighted by Gasteiger charge is 2.20. The van der Waals surface area contributed by atoms with Crippen molar-refractivity contribution in [1.29, 1.82) is 0 Å². The van der Waals surface area contributed by atoms with Crippen LogP contribution in [0.25, 0.3) is 0 Å². The Labute approximate surface area is 121 Å². The Morgan fingerprint density at radius 1 is 1.33 bits per heavy atom. The zero-order valence-corrected chi connectivity index (χ0v) is 11.5. The molecule has 5 nitrogen and oxygen atoms in total. The van der Waals surface area contributed by atoms with Crippen molar-refractivity contribution < 1.29 is 8.78 Å². The first-order valence-corrected chi connectivity index (χ1v) is 6.98. The number of H-pyrrole nitrogens is 1. The predicted molar refractivity (Wildman–Crippen MR) is 75.0 cm³/mol. The minimum absolute atomic E-state index is 0.00412. The first-order chi connectivity index (χ1) is 10.1. The zero-order chi connectivity index (χ0) is 14.8. The number of halogens is 2. The van der Waals surface area contributed by atoms with E-state index in [9.17, 15) is 8.78 Å². The van der Waals surface area contributed by atoms with Crippen LogP contribution in [0.4, 0.5) is 14.7 Å². The highest BCUT2D eigenvalue weighted by atomic mass is 19.1. The van der Waals surface area contributed by atoms with Gasteiger partial charge in [-0.2, -0.15) is 4.98 Å². The van der Waals surface area contributed by atoms with Crippen molar-refractivity contribution in [2.24, 2.45) is 5.73 Å². The third-order valence-corrected chi connectivity index (χ3v) is 3.67. The third kappa shape index (κ3) is 3.02. The fraction of sp³-hybridized carbons (Fsp3) is 0.429. The van der Waals surface area contributed by atoms with Crippen molar-refractivity contribution in [1.82, 2.24) is 15.2 Å². The summed E-state index contributed by atoms with van der Waals surface area (Å²) in [5, 5.41) is 6.86. The molecular formula is C14H17F2N5. The van der Waals surface area contributed by atoms with Crippen LogP contribution in [-0.4, -0.2) is 34.3 Å². The molecule has 0 radical (unpaired) electrons. The predicted octanol–water partition coefficient (Wildman–Crippen LogP) is 1.60. The van der Waals surface area contributed by atoms with Gasteiger partial charge >= 0.3 is 0 Å². The smallest absolute Gasteiger partial charge is 0.244 e. The van der Waals surface area contributed by atoms with E-state index in [0.29, 0.717) is 18.3 Å². The molecule has 0 aliphatic carbocycles. The molecule has 1 aliphatic rings. The van der Waals surface area contributed by atoms with Crippen LogP contribution in [0, 0.1) is 11.6 Å². The summed E-state index contributed by atoms with van der Waals surface area (Å²) in [6.45, 7) is 1.55. The minimum Gasteiger partial charge on any atom is -0.338 e. The van der Waals surface area contributed by atoms with Crippen molar-refractivity contribution >= 4 is 5.95 Å². The van der Waals surface area contributed by atoms with Crippen LogP contribution in [0.5, 0.6) is 0 Å². The average Bonchev–Trinajstić information content (AvgIpc) is 2.92. The average molecular weight is 293 g/mol. The summed E-state index contributed by atoms with van der Waals surface area (Å²) in [4.78, 5) is 6.31. The fourth-order valence-corrected chi connectivity index (χ4v) is 2.57. The molecule has 1 aromatic heterocycles. The molecule has 21 heavy (non-hydrogen) atoms. The second-order valence-electron chi connectivity index (χ2n) is 5.31. The molecule has 1 atom stereocenters. The van der Waals surface area contributed by atoms with Crippen LogP contribution in [0.15, 0.2) is 18.2 Å². The third-order valence-electron chi connectivity index (χ3n) is 3.67. The highest BCUT2D eigenvalue weighted by molar-refractivity contribution is 5.31. The molecule has 1 unspecified atom stereocenters. The summed E-state index contributed by atoms with van der Waals surface area (Å²) < 4.78 is 27.2. The van der Waals surface area contributed by atoms with Gasteiger partial charge in [0.15, 0.2) is 0 Å². The van der Waals surface area contributed by atoms with Crippen LogP contribution < -0.4 is 10.6 Å². The molecule has 1 saturated heterocycles. The molecule has 3 N–H and O–H groups in total. The molecule has 112 valence electrons. The number of nitrogens with zero attached hydrogens (tertiary/aromatic N) is 3. The van der Waals surface area contributed by atoms with E-state index in [4.69, 9.17) is 5.73 Å². The SMILES string of the molecule is NC1CCCN(c2n[nH]c(Cc3c(F)cccc3F)n2)C1. The number of hydrogen-bond donors (Lipinski definition) is 2. The number of aromatic amines is 1. The summed E-state index contributed by atoms with van der Waals surface area (Å²) in [7, 11) is 0. The standard InChI is InChI=1S/C14H17F2N5/c15-11-4-1-5-12(16)10(11)7-13-18-14(20-19-13)21-6-2-3-9(17)8-21/h1,4-5,9H,2-3,6-8,17H2,(H,18,19,20). The van der Waals surface area contributed by atoms with Crippen molar-refractivity contribution in [3.8, 4) is 0 Å². The monoisotopic (exact) mass is 293 g/mol. The molecule has 0 amide bonds. The molecule has 2 aromatic rings. The summed E-state index contributed by atoms with van der Waals surface area (Å²) >= 11 is 0. The molecule has 7 heteroatoms. The largest absolute Gasteiger partial charge is 0.338 e. The maximum Gasteiger partial charge on any atom is 0.244 e. The second-order valence-corrected chi connectivity index (χ2v) is 5.31. The van der Waals surface area contributed by atoms with E-state index in [1.165, 1.54) is 18.2 Å². The quantitative estimate of drug-likeness (QED) is 0.902. The van der Waals surface area contributed by atoms with E-state index < -0.39 is 11.6 Å². The van der Waals surface area contributed by atoms with Gasteiger partial charge in [-0.15, -0.1) is 5.10 Å². The van der Waals surface area contributed by atoms with Gasteiger partial charge < -0.3 is 10.6 Å². The van der Waals surface area contributed by atoms with Crippen LogP contribution >= 0.6 is 0 Å². The Morgan fingerprint density at radius 2 is 2.10 bits per heavy atom. The van der Waals surface area contributed by atoms with Crippen LogP contribution in [0.2, 0.25) is 0 Å². The van der Waals surface area contributed by atoms with E-state index in [2.05, 4.69) is 15.2 Å². The van der Waals surface area contributed by atoms with Crippen molar-refractivity contribution in [2.45, 2.75) is 25.3 Å². The van der Waals surface area contributed by atoms with Gasteiger partial charge in [0.2, 0.25) is 5.95 Å². The lowest BCUT2D eigenvalue weighted by atomic mass is 10.1. The number of piperidine rings is 1. The lowest BCUT2D eigenvalue weighted by Gasteiger charge is -2.29. The fourth-order valence-electron chi connectivity index (χ4n) is 2.57. The van der Waals surface area contributed by atoms with Crippen LogP contribution in [0.3, 0.4) is 0 Å². The molecule has 0 spiro atoms. The van der Waals surface area contributed by atoms with Crippen molar-refractivity contribution in [2.75, 3.05) is 18.0 Å². The normalized spacial score (nSPS) is 19.0. The highest BCUT2D eigenvalue weighted by Crippen LogP contribution is 2.18. The van der Waals surface area contributed by atoms with Gasteiger partial charge in [-0.3, -0.25) is 5.10 Å². The summed E-state index contributed by atoms with van der Waals surface area (Å²) in [6, 6.07) is 3.93. The molecule has 1 aromatic carbocycles. The van der Waals surface area contributed by atoms with E-state index >= 15 is 0 Å². The van der Waals surface area contributed by atoms with Crippen molar-refractivity contribution in [3.63, 3.8) is 0 Å². The maximum absolute atomic E-state index is 13.6. The number of anilines is 1. The van der Waals surface area contributed by atoms with Gasteiger partial charge in [-0.05, 0) is 25.0 Å². The Balaban J connectivity index is 1.76. The van der Waals surface area contributed by atoms with Gasteiger partial charge in [-0.25, -0.2) is 8.78 Å². The molecule has 1 aliphatic heterocycles. The number of benzene rings is 1. The molecule has 0 saturated carbocycles. The first-order valence-electron chi connectivity index (χ1n) is 6.98. The first kappa shape index (κ1) is 13.9. The lowest BCUT2D eigenvalue weighted by molar-refractivity contribution is 0.500. The minimum atomic E-state index is -0.576. The summed E-state index contributed by atoms with van der Waals surface area (Å²) in [6.07, 6.45) is 2.03. The number of nitrogens with two attached hydrogens (primary N) is 1. The topological polar surface area (TPSA) is 70.8 Å². The summed E-state index contributed by atoms with van der Waals surface area (Å²) in [5.41, 5.74) is 5.92. The van der Waals surface area contributed by atoms with Gasteiger partial charge in [0.1, 0.15) is 17.5 Å². The molecular weight excluding hydrogens is 276 g/mol. The van der Waals surface area contributed by atoms with Gasteiger partial charge in [0, 0.05) is 31.1 Å². The number of nitrogens with one attached hydrogen (secondary N) is 1. The van der Waals surface area contributed by atoms with E-state index in [-0.39, 0.29) is 18.0 Å². The Morgan fingerprint density at radius 3 is 2.81 bits per heavy atom. The number of hydrogen-bond acceptors (Lipinski definition) is 4. The Hall–Kier alpha value is -2.02. The van der Waals surface area contributed by atoms with E-state index in [0.717, 1.165) is 19.4 Å². The Kier molecular flexibility index (Phi) is 3.83. The van der Waals surface area contributed by atoms with Gasteiger partial charge in [-0.1, -0.05) is 6.07 Å². The molecule has 0 bridgehead atoms. The maximum atomic E-state index is 13.6. The van der Waals surface area contributed by atoms with Gasteiger partial charge in [0.25, 0.3) is 0 Å². The number of aromatic nitrogens is 3. The zero-order valence-electron chi connectivity index (χ0n) is 11.5. The number of rotatable bonds is 3. The molecule has 1 fully saturated rings. The van der Waals surface area contributed by atoms with E-state index in [1.807, 2.05) is 4.90 Å². The molecule has 3 rings (SSSR count). The second kappa shape index (κ2) is 5.77. The van der Waals surface area contributed by atoms with Gasteiger partial charge in [0.05, 0.1) is 0 Å². The molecule has 2 heterocycles. The van der Waals surface area contributed by atoms with Crippen molar-refractivity contribution in [3.05, 3.63) is 41.2 Å².